The first-order valence-corrected chi connectivity index (χ1v) is 16.2. The number of nitrogens with one attached hydrogen (secondary N) is 1. The highest BCUT2D eigenvalue weighted by molar-refractivity contribution is 7.92. The van der Waals surface area contributed by atoms with E-state index in [1.807, 2.05) is 58.0 Å². The zero-order valence-corrected chi connectivity index (χ0v) is 26.2. The molecule has 4 rings (SSSR count). The summed E-state index contributed by atoms with van der Waals surface area (Å²) in [7, 11) is -4.10. The van der Waals surface area contributed by atoms with Gasteiger partial charge in [0.05, 0.1) is 10.6 Å². The van der Waals surface area contributed by atoms with E-state index in [4.69, 9.17) is 0 Å². The molecule has 1 atom stereocenters. The van der Waals surface area contributed by atoms with Crippen molar-refractivity contribution in [2.24, 2.45) is 0 Å². The van der Waals surface area contributed by atoms with Crippen LogP contribution in [0.15, 0.2) is 71.6 Å². The van der Waals surface area contributed by atoms with E-state index in [0.29, 0.717) is 5.69 Å². The van der Waals surface area contributed by atoms with Gasteiger partial charge < -0.3 is 10.2 Å². The van der Waals surface area contributed by atoms with Gasteiger partial charge >= 0.3 is 0 Å². The number of nitrogens with zero attached hydrogens (tertiary/aromatic N) is 2. The van der Waals surface area contributed by atoms with E-state index < -0.39 is 28.5 Å². The van der Waals surface area contributed by atoms with Crippen molar-refractivity contribution in [3.63, 3.8) is 0 Å². The smallest absolute Gasteiger partial charge is 0.264 e. The summed E-state index contributed by atoms with van der Waals surface area (Å²) in [6, 6.07) is 19.2. The summed E-state index contributed by atoms with van der Waals surface area (Å²) >= 11 is 0. The van der Waals surface area contributed by atoms with Gasteiger partial charge in [0.2, 0.25) is 11.8 Å². The van der Waals surface area contributed by atoms with Gasteiger partial charge in [0.15, 0.2) is 0 Å². The Kier molecular flexibility index (Phi) is 10.1. The van der Waals surface area contributed by atoms with Crippen LogP contribution in [0.1, 0.15) is 66.8 Å². The van der Waals surface area contributed by atoms with Crippen LogP contribution in [0.25, 0.3) is 0 Å². The summed E-state index contributed by atoms with van der Waals surface area (Å²) in [5, 5.41) is 3.15. The summed E-state index contributed by atoms with van der Waals surface area (Å²) in [6.45, 7) is 9.14. The lowest BCUT2D eigenvalue weighted by Crippen LogP contribution is -2.53. The summed E-state index contributed by atoms with van der Waals surface area (Å²) in [6.07, 6.45) is 5.18. The Morgan fingerprint density at radius 2 is 1.48 bits per heavy atom. The molecule has 0 bridgehead atoms. The summed E-state index contributed by atoms with van der Waals surface area (Å²) in [4.78, 5) is 29.3. The number of sulfonamides is 1. The van der Waals surface area contributed by atoms with E-state index in [9.17, 15) is 18.0 Å². The van der Waals surface area contributed by atoms with Gasteiger partial charge in [0.25, 0.3) is 10.0 Å². The quantitative estimate of drug-likeness (QED) is 0.315. The number of hydrogen-bond donors (Lipinski definition) is 1. The highest BCUT2D eigenvalue weighted by atomic mass is 32.2. The third-order valence-electron chi connectivity index (χ3n) is 8.10. The molecule has 1 aliphatic rings. The molecule has 1 aliphatic carbocycles. The molecule has 0 heterocycles. The second-order valence-electron chi connectivity index (χ2n) is 11.6. The van der Waals surface area contributed by atoms with Crippen molar-refractivity contribution in [2.45, 2.75) is 90.2 Å². The lowest BCUT2D eigenvalue weighted by atomic mass is 9.95. The molecule has 0 saturated heterocycles. The Morgan fingerprint density at radius 3 is 2.10 bits per heavy atom. The third-order valence-corrected chi connectivity index (χ3v) is 9.89. The second kappa shape index (κ2) is 13.6. The van der Waals surface area contributed by atoms with Gasteiger partial charge in [-0.3, -0.25) is 13.9 Å². The summed E-state index contributed by atoms with van der Waals surface area (Å²) < 4.78 is 29.3. The number of aryl methyl sites for hydroxylation is 4. The van der Waals surface area contributed by atoms with Gasteiger partial charge in [-0.1, -0.05) is 67.3 Å². The Balaban J connectivity index is 1.71. The number of carbonyl (C=O) groups is 2. The maximum Gasteiger partial charge on any atom is 0.264 e. The Bertz CT molecular complexity index is 1490. The molecule has 224 valence electrons. The first-order valence-electron chi connectivity index (χ1n) is 14.8. The number of carbonyl (C=O) groups excluding carboxylic acids is 2. The Hall–Kier alpha value is -3.65. The van der Waals surface area contributed by atoms with Gasteiger partial charge in [-0.25, -0.2) is 8.42 Å². The summed E-state index contributed by atoms with van der Waals surface area (Å²) in [5.74, 6) is -0.664. The molecule has 3 aromatic rings. The van der Waals surface area contributed by atoms with Crippen LogP contribution in [0.5, 0.6) is 0 Å². The van der Waals surface area contributed by atoms with Crippen LogP contribution in [-0.2, 0) is 26.2 Å². The molecule has 42 heavy (non-hydrogen) atoms. The molecule has 1 saturated carbocycles. The van der Waals surface area contributed by atoms with Crippen molar-refractivity contribution >= 4 is 27.5 Å². The van der Waals surface area contributed by atoms with E-state index in [0.717, 1.165) is 53.5 Å². The first-order chi connectivity index (χ1) is 20.0. The van der Waals surface area contributed by atoms with Gasteiger partial charge in [0, 0.05) is 12.6 Å². The molecule has 0 spiro atoms. The van der Waals surface area contributed by atoms with Crippen molar-refractivity contribution < 1.29 is 18.0 Å². The molecule has 2 amide bonds. The van der Waals surface area contributed by atoms with Crippen molar-refractivity contribution in [3.8, 4) is 0 Å². The van der Waals surface area contributed by atoms with E-state index in [1.54, 1.807) is 43.3 Å². The standard InChI is InChI=1S/C34H43N3O4S/c1-24-15-17-32(18-16-24)42(40,41)37(31-20-25(2)19-26(3)21-31)23-33(38)36(22-29-12-10-9-11-27(29)4)28(5)34(39)35-30-13-7-6-8-14-30/h9-12,15-21,28,30H,6-8,13-14,22-23H2,1-5H3,(H,35,39). The number of benzene rings is 3. The van der Waals surface area contributed by atoms with E-state index >= 15 is 0 Å². The molecule has 8 heteroatoms. The second-order valence-corrected chi connectivity index (χ2v) is 13.5. The Labute approximate surface area is 251 Å². The van der Waals surface area contributed by atoms with Crippen LogP contribution in [0.3, 0.4) is 0 Å². The molecule has 0 aliphatic heterocycles. The highest BCUT2D eigenvalue weighted by Crippen LogP contribution is 2.27. The van der Waals surface area contributed by atoms with E-state index in [1.165, 1.54) is 15.6 Å². The molecular formula is C34H43N3O4S. The molecule has 3 aromatic carbocycles. The highest BCUT2D eigenvalue weighted by Gasteiger charge is 2.33. The fraction of sp³-hybridized carbons (Fsp3) is 0.412. The van der Waals surface area contributed by atoms with Crippen LogP contribution in [0.4, 0.5) is 5.69 Å². The number of amides is 2. The van der Waals surface area contributed by atoms with Crippen molar-refractivity contribution in [1.82, 2.24) is 10.2 Å². The predicted molar refractivity (Wildman–Crippen MR) is 168 cm³/mol. The molecule has 7 nitrogen and oxygen atoms in total. The fourth-order valence-electron chi connectivity index (χ4n) is 5.58. The van der Waals surface area contributed by atoms with Crippen molar-refractivity contribution in [1.29, 1.82) is 0 Å². The normalized spacial score (nSPS) is 14.7. The first kappa shape index (κ1) is 31.3. The van der Waals surface area contributed by atoms with Gasteiger partial charge in [0.1, 0.15) is 12.6 Å². The fourth-order valence-corrected chi connectivity index (χ4v) is 6.98. The molecular weight excluding hydrogens is 546 g/mol. The third kappa shape index (κ3) is 7.59. The number of hydrogen-bond acceptors (Lipinski definition) is 4. The molecule has 0 aromatic heterocycles. The van der Waals surface area contributed by atoms with Crippen LogP contribution < -0.4 is 9.62 Å². The zero-order valence-electron chi connectivity index (χ0n) is 25.4. The van der Waals surface area contributed by atoms with Gasteiger partial charge in [-0.2, -0.15) is 0 Å². The minimum Gasteiger partial charge on any atom is -0.352 e. The molecule has 1 unspecified atom stereocenters. The maximum absolute atomic E-state index is 14.2. The number of anilines is 1. The van der Waals surface area contributed by atoms with Crippen LogP contribution in [-0.4, -0.2) is 43.8 Å². The van der Waals surface area contributed by atoms with Crippen molar-refractivity contribution in [2.75, 3.05) is 10.8 Å². The van der Waals surface area contributed by atoms with Crippen LogP contribution >= 0.6 is 0 Å². The SMILES string of the molecule is Cc1ccc(S(=O)(=O)N(CC(=O)N(Cc2ccccc2C)C(C)C(=O)NC2CCCCC2)c2cc(C)cc(C)c2)cc1. The van der Waals surface area contributed by atoms with Gasteiger partial charge in [-0.05, 0) is 94.0 Å². The Morgan fingerprint density at radius 1 is 0.857 bits per heavy atom. The van der Waals surface area contributed by atoms with E-state index in [2.05, 4.69) is 5.32 Å². The largest absolute Gasteiger partial charge is 0.352 e. The molecule has 0 radical (unpaired) electrons. The van der Waals surface area contributed by atoms with Crippen molar-refractivity contribution in [3.05, 3.63) is 94.5 Å². The zero-order chi connectivity index (χ0) is 30.4. The lowest BCUT2D eigenvalue weighted by Gasteiger charge is -2.33. The van der Waals surface area contributed by atoms with E-state index in [-0.39, 0.29) is 23.4 Å². The number of rotatable bonds is 10. The topological polar surface area (TPSA) is 86.8 Å². The summed E-state index contributed by atoms with van der Waals surface area (Å²) in [5.41, 5.74) is 5.02. The monoisotopic (exact) mass is 589 g/mol. The lowest BCUT2D eigenvalue weighted by molar-refractivity contribution is -0.139. The average Bonchev–Trinajstić information content (AvgIpc) is 2.95. The predicted octanol–water partition coefficient (Wildman–Crippen LogP) is 5.98. The maximum atomic E-state index is 14.2. The minimum atomic E-state index is -4.10. The van der Waals surface area contributed by atoms with Crippen LogP contribution in [0, 0.1) is 27.7 Å². The minimum absolute atomic E-state index is 0.0952. The van der Waals surface area contributed by atoms with Crippen LogP contribution in [0.2, 0.25) is 0 Å². The van der Waals surface area contributed by atoms with Gasteiger partial charge in [-0.15, -0.1) is 0 Å². The molecule has 1 N–H and O–H groups in total. The average molecular weight is 590 g/mol. The molecule has 1 fully saturated rings.